The summed E-state index contributed by atoms with van der Waals surface area (Å²) in [5.74, 6) is 1.29. The lowest BCUT2D eigenvalue weighted by Gasteiger charge is -2.21. The zero-order valence-corrected chi connectivity index (χ0v) is 12.6. The Balaban J connectivity index is 1.81. The number of phenols is 1. The molecule has 0 radical (unpaired) electrons. The Morgan fingerprint density at radius 2 is 1.86 bits per heavy atom. The van der Waals surface area contributed by atoms with E-state index in [1.54, 1.807) is 50.2 Å². The van der Waals surface area contributed by atoms with Crippen LogP contribution < -0.4 is 10.6 Å². The van der Waals surface area contributed by atoms with Crippen LogP contribution in [0.25, 0.3) is 0 Å². The molecule has 1 unspecified atom stereocenters. The number of aliphatic hydroxyl groups is 1. The number of carbonyl (C=O) groups is 1. The van der Waals surface area contributed by atoms with Gasteiger partial charge in [-0.2, -0.15) is 0 Å². The third-order valence-electron chi connectivity index (χ3n) is 3.25. The Morgan fingerprint density at radius 3 is 2.45 bits per heavy atom. The fourth-order valence-electron chi connectivity index (χ4n) is 1.92. The quantitative estimate of drug-likeness (QED) is 0.679. The van der Waals surface area contributed by atoms with Gasteiger partial charge in [0.2, 0.25) is 0 Å². The minimum Gasteiger partial charge on any atom is -0.508 e. The van der Waals surface area contributed by atoms with Gasteiger partial charge in [0.05, 0.1) is 6.54 Å². The molecular formula is C16H20N2O4. The summed E-state index contributed by atoms with van der Waals surface area (Å²) < 4.78 is 5.38. The normalized spacial score (nSPS) is 13.4. The van der Waals surface area contributed by atoms with Crippen molar-refractivity contribution in [3.63, 3.8) is 0 Å². The van der Waals surface area contributed by atoms with Crippen LogP contribution in [-0.4, -0.2) is 22.8 Å². The first kappa shape index (κ1) is 15.9. The van der Waals surface area contributed by atoms with Gasteiger partial charge in [-0.1, -0.05) is 12.1 Å². The molecule has 0 aliphatic heterocycles. The van der Waals surface area contributed by atoms with E-state index < -0.39 is 11.6 Å². The molecule has 1 aromatic carbocycles. The van der Waals surface area contributed by atoms with E-state index in [-0.39, 0.29) is 12.3 Å². The zero-order chi connectivity index (χ0) is 16.2. The molecule has 6 nitrogen and oxygen atoms in total. The maximum absolute atomic E-state index is 11.8. The summed E-state index contributed by atoms with van der Waals surface area (Å²) in [7, 11) is 0. The fraction of sp³-hybridized carbons (Fsp3) is 0.312. The van der Waals surface area contributed by atoms with E-state index in [1.165, 1.54) is 0 Å². The molecule has 6 heteroatoms. The van der Waals surface area contributed by atoms with Crippen LogP contribution in [0.2, 0.25) is 0 Å². The van der Waals surface area contributed by atoms with Crippen LogP contribution in [0.4, 0.5) is 4.79 Å². The standard InChI is InChI=1S/C16H20N2O4/c1-11-3-8-14(22-11)16(2,21)10-18-15(20)17-9-12-4-6-13(19)7-5-12/h3-8,19,21H,9-10H2,1-2H3,(H2,17,18,20). The molecule has 0 fully saturated rings. The van der Waals surface area contributed by atoms with Gasteiger partial charge in [-0.3, -0.25) is 0 Å². The Labute approximate surface area is 128 Å². The molecule has 2 amide bonds. The van der Waals surface area contributed by atoms with Crippen molar-refractivity contribution in [1.82, 2.24) is 10.6 Å². The van der Waals surface area contributed by atoms with E-state index in [0.29, 0.717) is 18.1 Å². The van der Waals surface area contributed by atoms with Gasteiger partial charge in [0.25, 0.3) is 0 Å². The van der Waals surface area contributed by atoms with Crippen molar-refractivity contribution in [2.24, 2.45) is 0 Å². The molecule has 2 aromatic rings. The highest BCUT2D eigenvalue weighted by molar-refractivity contribution is 5.73. The third kappa shape index (κ3) is 4.26. The number of hydrogen-bond donors (Lipinski definition) is 4. The summed E-state index contributed by atoms with van der Waals surface area (Å²) >= 11 is 0. The second kappa shape index (κ2) is 6.53. The van der Waals surface area contributed by atoms with E-state index in [1.807, 2.05) is 0 Å². The second-order valence-electron chi connectivity index (χ2n) is 5.39. The molecule has 1 aromatic heterocycles. The predicted octanol–water partition coefficient (Wildman–Crippen LogP) is 2.00. The minimum absolute atomic E-state index is 0.0291. The van der Waals surface area contributed by atoms with E-state index in [0.717, 1.165) is 5.56 Å². The lowest BCUT2D eigenvalue weighted by atomic mass is 10.0. The van der Waals surface area contributed by atoms with E-state index in [4.69, 9.17) is 4.42 Å². The van der Waals surface area contributed by atoms with Gasteiger partial charge in [-0.15, -0.1) is 0 Å². The summed E-state index contributed by atoms with van der Waals surface area (Å²) in [5.41, 5.74) is -0.411. The average molecular weight is 304 g/mol. The van der Waals surface area contributed by atoms with Gasteiger partial charge in [0.1, 0.15) is 22.9 Å². The van der Waals surface area contributed by atoms with Crippen molar-refractivity contribution >= 4 is 6.03 Å². The first-order valence-electron chi connectivity index (χ1n) is 6.96. The number of furan rings is 1. The molecule has 0 saturated carbocycles. The van der Waals surface area contributed by atoms with Crippen LogP contribution in [0.3, 0.4) is 0 Å². The second-order valence-corrected chi connectivity index (χ2v) is 5.39. The zero-order valence-electron chi connectivity index (χ0n) is 12.6. The highest BCUT2D eigenvalue weighted by Crippen LogP contribution is 2.21. The van der Waals surface area contributed by atoms with Gasteiger partial charge in [0.15, 0.2) is 0 Å². The summed E-state index contributed by atoms with van der Waals surface area (Å²) in [5, 5.41) is 24.8. The van der Waals surface area contributed by atoms with Gasteiger partial charge in [-0.05, 0) is 43.7 Å². The first-order valence-corrected chi connectivity index (χ1v) is 6.96. The molecule has 0 aliphatic rings. The highest BCUT2D eigenvalue weighted by atomic mass is 16.4. The van der Waals surface area contributed by atoms with E-state index >= 15 is 0 Å². The number of urea groups is 1. The maximum Gasteiger partial charge on any atom is 0.315 e. The smallest absolute Gasteiger partial charge is 0.315 e. The average Bonchev–Trinajstić information content (AvgIpc) is 2.92. The van der Waals surface area contributed by atoms with Crippen molar-refractivity contribution in [1.29, 1.82) is 0 Å². The van der Waals surface area contributed by atoms with Crippen LogP contribution in [0.15, 0.2) is 40.8 Å². The van der Waals surface area contributed by atoms with Crippen LogP contribution in [0, 0.1) is 6.92 Å². The highest BCUT2D eigenvalue weighted by Gasteiger charge is 2.27. The predicted molar refractivity (Wildman–Crippen MR) is 81.4 cm³/mol. The topological polar surface area (TPSA) is 94.7 Å². The molecular weight excluding hydrogens is 284 g/mol. The van der Waals surface area contributed by atoms with Gasteiger partial charge in [0, 0.05) is 6.54 Å². The van der Waals surface area contributed by atoms with Crippen LogP contribution in [0.1, 0.15) is 24.0 Å². The summed E-state index contributed by atoms with van der Waals surface area (Å²) in [6.45, 7) is 3.72. The summed E-state index contributed by atoms with van der Waals surface area (Å²) in [6.07, 6.45) is 0. The monoisotopic (exact) mass is 304 g/mol. The number of benzene rings is 1. The molecule has 0 spiro atoms. The number of hydrogen-bond acceptors (Lipinski definition) is 4. The maximum atomic E-state index is 11.8. The van der Waals surface area contributed by atoms with Crippen LogP contribution >= 0.6 is 0 Å². The molecule has 1 heterocycles. The van der Waals surface area contributed by atoms with Gasteiger partial charge in [-0.25, -0.2) is 4.79 Å². The Morgan fingerprint density at radius 1 is 1.18 bits per heavy atom. The number of amides is 2. The third-order valence-corrected chi connectivity index (χ3v) is 3.25. The van der Waals surface area contributed by atoms with Crippen molar-refractivity contribution in [2.45, 2.75) is 26.0 Å². The molecule has 22 heavy (non-hydrogen) atoms. The van der Waals surface area contributed by atoms with Crippen molar-refractivity contribution in [3.8, 4) is 5.75 Å². The number of aryl methyl sites for hydroxylation is 1. The largest absolute Gasteiger partial charge is 0.508 e. The number of rotatable bonds is 5. The minimum atomic E-state index is -1.27. The van der Waals surface area contributed by atoms with Crippen molar-refractivity contribution < 1.29 is 19.4 Å². The van der Waals surface area contributed by atoms with Crippen LogP contribution in [-0.2, 0) is 12.1 Å². The first-order chi connectivity index (χ1) is 10.4. The Hall–Kier alpha value is -2.47. The lowest BCUT2D eigenvalue weighted by molar-refractivity contribution is 0.0359. The molecule has 2 rings (SSSR count). The van der Waals surface area contributed by atoms with Gasteiger partial charge >= 0.3 is 6.03 Å². The molecule has 4 N–H and O–H groups in total. The number of phenolic OH excluding ortho intramolecular Hbond substituents is 1. The molecule has 0 bridgehead atoms. The molecule has 0 saturated heterocycles. The van der Waals surface area contributed by atoms with Crippen LogP contribution in [0.5, 0.6) is 5.75 Å². The number of aromatic hydroxyl groups is 1. The summed E-state index contributed by atoms with van der Waals surface area (Å²) in [4.78, 5) is 11.8. The summed E-state index contributed by atoms with van der Waals surface area (Å²) in [6, 6.07) is 9.60. The Bertz CT molecular complexity index is 632. The SMILES string of the molecule is Cc1ccc(C(C)(O)CNC(=O)NCc2ccc(O)cc2)o1. The number of nitrogens with one attached hydrogen (secondary N) is 2. The molecule has 0 aliphatic carbocycles. The fourth-order valence-corrected chi connectivity index (χ4v) is 1.92. The Kier molecular flexibility index (Phi) is 4.72. The number of carbonyl (C=O) groups excluding carboxylic acids is 1. The molecule has 118 valence electrons. The molecule has 1 atom stereocenters. The van der Waals surface area contributed by atoms with Gasteiger partial charge < -0.3 is 25.3 Å². The van der Waals surface area contributed by atoms with E-state index in [2.05, 4.69) is 10.6 Å². The van der Waals surface area contributed by atoms with Crippen molar-refractivity contribution in [2.75, 3.05) is 6.54 Å². The van der Waals surface area contributed by atoms with Crippen molar-refractivity contribution in [3.05, 3.63) is 53.5 Å². The lowest BCUT2D eigenvalue weighted by Crippen LogP contribution is -2.43. The van der Waals surface area contributed by atoms with E-state index in [9.17, 15) is 15.0 Å².